The van der Waals surface area contributed by atoms with Crippen LogP contribution in [0.2, 0.25) is 0 Å². The summed E-state index contributed by atoms with van der Waals surface area (Å²) in [6.07, 6.45) is -0.611. The molecular formula is C15H20Cl3N3OS. The van der Waals surface area contributed by atoms with Gasteiger partial charge in [0.1, 0.15) is 6.17 Å². The van der Waals surface area contributed by atoms with Crippen LogP contribution in [0, 0.1) is 12.8 Å². The molecule has 0 saturated heterocycles. The number of anilines is 1. The quantitative estimate of drug-likeness (QED) is 0.398. The molecule has 128 valence electrons. The van der Waals surface area contributed by atoms with Crippen molar-refractivity contribution in [2.24, 2.45) is 5.92 Å². The van der Waals surface area contributed by atoms with Crippen molar-refractivity contribution in [3.05, 3.63) is 29.8 Å². The molecule has 1 aromatic carbocycles. The summed E-state index contributed by atoms with van der Waals surface area (Å²) in [5, 5.41) is 8.70. The number of benzene rings is 1. The Morgan fingerprint density at radius 1 is 1.26 bits per heavy atom. The molecule has 0 bridgehead atoms. The average Bonchev–Trinajstić information content (AvgIpc) is 2.35. The molecule has 1 aromatic rings. The summed E-state index contributed by atoms with van der Waals surface area (Å²) in [6.45, 7) is 5.83. The summed E-state index contributed by atoms with van der Waals surface area (Å²) in [5.74, 6) is -0.0226. The number of alkyl halides is 3. The highest BCUT2D eigenvalue weighted by molar-refractivity contribution is 7.80. The fourth-order valence-corrected chi connectivity index (χ4v) is 2.37. The molecule has 0 unspecified atom stereocenters. The van der Waals surface area contributed by atoms with E-state index in [9.17, 15) is 4.79 Å². The molecule has 0 aliphatic rings. The molecule has 0 saturated carbocycles. The number of thiocarbonyl (C=S) groups is 1. The monoisotopic (exact) mass is 395 g/mol. The van der Waals surface area contributed by atoms with Crippen molar-refractivity contribution in [1.82, 2.24) is 10.6 Å². The van der Waals surface area contributed by atoms with Gasteiger partial charge in [0.05, 0.1) is 0 Å². The van der Waals surface area contributed by atoms with Crippen molar-refractivity contribution in [1.29, 1.82) is 0 Å². The SMILES string of the molecule is Cc1cccc(NC(=S)N[C@@H](NC(=O)CC(C)C)C(Cl)(Cl)Cl)c1. The lowest BCUT2D eigenvalue weighted by molar-refractivity contribution is -0.122. The predicted octanol–water partition coefficient (Wildman–Crippen LogP) is 4.14. The number of carbonyl (C=O) groups is 1. The van der Waals surface area contributed by atoms with Crippen LogP contribution in [0.25, 0.3) is 0 Å². The van der Waals surface area contributed by atoms with Gasteiger partial charge in [-0.05, 0) is 42.8 Å². The van der Waals surface area contributed by atoms with E-state index in [0.29, 0.717) is 6.42 Å². The van der Waals surface area contributed by atoms with Gasteiger partial charge < -0.3 is 16.0 Å². The van der Waals surface area contributed by atoms with Crippen LogP contribution in [0.1, 0.15) is 25.8 Å². The molecule has 0 aromatic heterocycles. The summed E-state index contributed by atoms with van der Waals surface area (Å²) in [4.78, 5) is 11.9. The highest BCUT2D eigenvalue weighted by Gasteiger charge is 2.34. The lowest BCUT2D eigenvalue weighted by Crippen LogP contribution is -2.56. The summed E-state index contributed by atoms with van der Waals surface area (Å²) >= 11 is 23.0. The number of carbonyl (C=O) groups excluding carboxylic acids is 1. The predicted molar refractivity (Wildman–Crippen MR) is 102 cm³/mol. The number of nitrogens with one attached hydrogen (secondary N) is 3. The minimum absolute atomic E-state index is 0.198. The van der Waals surface area contributed by atoms with Crippen LogP contribution < -0.4 is 16.0 Å². The van der Waals surface area contributed by atoms with Crippen LogP contribution in [-0.4, -0.2) is 21.0 Å². The molecule has 3 N–H and O–H groups in total. The van der Waals surface area contributed by atoms with Crippen molar-refractivity contribution in [2.45, 2.75) is 37.2 Å². The third kappa shape index (κ3) is 8.06. The molecular weight excluding hydrogens is 377 g/mol. The summed E-state index contributed by atoms with van der Waals surface area (Å²) in [6, 6.07) is 7.66. The smallest absolute Gasteiger partial charge is 0.228 e. The Labute approximate surface area is 157 Å². The zero-order valence-corrected chi connectivity index (χ0v) is 16.2. The van der Waals surface area contributed by atoms with Gasteiger partial charge in [-0.3, -0.25) is 4.79 Å². The van der Waals surface area contributed by atoms with E-state index >= 15 is 0 Å². The molecule has 0 aliphatic heterocycles. The molecule has 1 atom stereocenters. The topological polar surface area (TPSA) is 53.2 Å². The Morgan fingerprint density at radius 2 is 1.91 bits per heavy atom. The first kappa shape index (κ1) is 20.3. The van der Waals surface area contributed by atoms with Crippen LogP contribution in [0.15, 0.2) is 24.3 Å². The maximum Gasteiger partial charge on any atom is 0.228 e. The minimum Gasteiger partial charge on any atom is -0.339 e. The number of rotatable bonds is 5. The second kappa shape index (κ2) is 8.92. The normalized spacial score (nSPS) is 12.7. The number of hydrogen-bond donors (Lipinski definition) is 3. The Bertz CT molecular complexity index is 561. The molecule has 0 heterocycles. The van der Waals surface area contributed by atoms with Gasteiger partial charge in [-0.25, -0.2) is 0 Å². The average molecular weight is 397 g/mol. The van der Waals surface area contributed by atoms with E-state index in [1.165, 1.54) is 0 Å². The van der Waals surface area contributed by atoms with E-state index < -0.39 is 9.96 Å². The maximum atomic E-state index is 11.9. The van der Waals surface area contributed by atoms with Gasteiger partial charge in [-0.2, -0.15) is 0 Å². The summed E-state index contributed by atoms with van der Waals surface area (Å²) in [7, 11) is 0. The van der Waals surface area contributed by atoms with E-state index in [-0.39, 0.29) is 16.9 Å². The zero-order valence-electron chi connectivity index (χ0n) is 13.1. The molecule has 4 nitrogen and oxygen atoms in total. The fourth-order valence-electron chi connectivity index (χ4n) is 1.81. The van der Waals surface area contributed by atoms with E-state index in [2.05, 4.69) is 16.0 Å². The van der Waals surface area contributed by atoms with Crippen LogP contribution in [0.5, 0.6) is 0 Å². The number of hydrogen-bond acceptors (Lipinski definition) is 2. The van der Waals surface area contributed by atoms with Crippen molar-refractivity contribution in [2.75, 3.05) is 5.32 Å². The Hall–Kier alpha value is -0.750. The fraction of sp³-hybridized carbons (Fsp3) is 0.467. The first-order valence-electron chi connectivity index (χ1n) is 7.08. The van der Waals surface area contributed by atoms with Gasteiger partial charge in [0.2, 0.25) is 9.70 Å². The maximum absolute atomic E-state index is 11.9. The second-order valence-electron chi connectivity index (χ2n) is 5.61. The van der Waals surface area contributed by atoms with Gasteiger partial charge in [-0.1, -0.05) is 60.8 Å². The van der Waals surface area contributed by atoms with Crippen molar-refractivity contribution < 1.29 is 4.79 Å². The van der Waals surface area contributed by atoms with Gasteiger partial charge in [-0.15, -0.1) is 0 Å². The minimum atomic E-state index is -1.75. The Kier molecular flexibility index (Phi) is 7.87. The van der Waals surface area contributed by atoms with E-state index in [1.807, 2.05) is 45.0 Å². The van der Waals surface area contributed by atoms with Crippen LogP contribution in [-0.2, 0) is 4.79 Å². The largest absolute Gasteiger partial charge is 0.339 e. The molecule has 0 radical (unpaired) electrons. The van der Waals surface area contributed by atoms with Gasteiger partial charge in [0.15, 0.2) is 5.11 Å². The van der Waals surface area contributed by atoms with Crippen LogP contribution >= 0.6 is 47.0 Å². The van der Waals surface area contributed by atoms with E-state index in [0.717, 1.165) is 11.3 Å². The third-order valence-corrected chi connectivity index (χ3v) is 3.65. The second-order valence-corrected chi connectivity index (χ2v) is 8.39. The van der Waals surface area contributed by atoms with Crippen molar-refractivity contribution in [3.63, 3.8) is 0 Å². The van der Waals surface area contributed by atoms with Crippen LogP contribution in [0.3, 0.4) is 0 Å². The van der Waals surface area contributed by atoms with Gasteiger partial charge in [0.25, 0.3) is 0 Å². The highest BCUT2D eigenvalue weighted by atomic mass is 35.6. The van der Waals surface area contributed by atoms with Gasteiger partial charge >= 0.3 is 0 Å². The van der Waals surface area contributed by atoms with E-state index in [4.69, 9.17) is 47.0 Å². The molecule has 8 heteroatoms. The zero-order chi connectivity index (χ0) is 17.6. The molecule has 1 amide bonds. The molecule has 0 spiro atoms. The van der Waals surface area contributed by atoms with Gasteiger partial charge in [0, 0.05) is 12.1 Å². The van der Waals surface area contributed by atoms with Crippen LogP contribution in [0.4, 0.5) is 5.69 Å². The summed E-state index contributed by atoms with van der Waals surface area (Å²) < 4.78 is -1.75. The molecule has 0 fully saturated rings. The lowest BCUT2D eigenvalue weighted by Gasteiger charge is -2.28. The van der Waals surface area contributed by atoms with E-state index in [1.54, 1.807) is 0 Å². The highest BCUT2D eigenvalue weighted by Crippen LogP contribution is 2.29. The molecule has 1 rings (SSSR count). The third-order valence-electron chi connectivity index (χ3n) is 2.78. The first-order valence-corrected chi connectivity index (χ1v) is 8.62. The lowest BCUT2D eigenvalue weighted by atomic mass is 10.1. The number of aryl methyl sites for hydroxylation is 1. The number of halogens is 3. The molecule has 0 aliphatic carbocycles. The first-order chi connectivity index (χ1) is 10.6. The Balaban J connectivity index is 2.69. The Morgan fingerprint density at radius 3 is 2.43 bits per heavy atom. The molecule has 23 heavy (non-hydrogen) atoms. The summed E-state index contributed by atoms with van der Waals surface area (Å²) in [5.41, 5.74) is 1.89. The number of amides is 1. The van der Waals surface area contributed by atoms with Crippen molar-refractivity contribution >= 4 is 63.7 Å². The van der Waals surface area contributed by atoms with Crippen molar-refractivity contribution in [3.8, 4) is 0 Å². The standard InChI is InChI=1S/C15H20Cl3N3OS/c1-9(2)7-12(22)20-13(15(16,17)18)21-14(23)19-11-6-4-5-10(3)8-11/h4-6,8-9,13H,7H2,1-3H3,(H,20,22)(H2,19,21,23)/t13-/m1/s1.